The first-order valence-corrected chi connectivity index (χ1v) is 7.06. The molecule has 9 heteroatoms. The van der Waals surface area contributed by atoms with Crippen LogP contribution in [0.15, 0.2) is 6.07 Å². The summed E-state index contributed by atoms with van der Waals surface area (Å²) in [5, 5.41) is 3.60. The molecule has 120 valence electrons. The highest BCUT2D eigenvalue weighted by atomic mass is 19.4. The van der Waals surface area contributed by atoms with Crippen LogP contribution in [-0.2, 0) is 10.9 Å². The summed E-state index contributed by atoms with van der Waals surface area (Å²) in [7, 11) is 0. The minimum Gasteiger partial charge on any atom is -0.377 e. The predicted octanol–water partition coefficient (Wildman–Crippen LogP) is 2.07. The molecule has 1 aliphatic heterocycles. The summed E-state index contributed by atoms with van der Waals surface area (Å²) in [6, 6.07) is 1.83. The highest BCUT2D eigenvalue weighted by molar-refractivity contribution is 5.49. The fraction of sp³-hybridized carbons (Fsp3) is 0.615. The van der Waals surface area contributed by atoms with Crippen molar-refractivity contribution in [3.8, 4) is 0 Å². The van der Waals surface area contributed by atoms with Crippen LogP contribution in [0.4, 0.5) is 19.0 Å². The molecule has 0 saturated carbocycles. The van der Waals surface area contributed by atoms with Gasteiger partial charge < -0.3 is 9.64 Å². The summed E-state index contributed by atoms with van der Waals surface area (Å²) in [6.07, 6.45) is -3.77. The van der Waals surface area contributed by atoms with Crippen LogP contribution in [0.2, 0.25) is 0 Å². The van der Waals surface area contributed by atoms with Crippen LogP contribution in [0.5, 0.6) is 0 Å². The van der Waals surface area contributed by atoms with E-state index >= 15 is 0 Å². The third-order valence-electron chi connectivity index (χ3n) is 3.67. The molecule has 0 bridgehead atoms. The number of halogens is 3. The second-order valence-corrected chi connectivity index (χ2v) is 5.23. The average Bonchev–Trinajstić information content (AvgIpc) is 2.90. The van der Waals surface area contributed by atoms with Gasteiger partial charge in [0, 0.05) is 18.3 Å². The number of alkyl halides is 3. The van der Waals surface area contributed by atoms with Gasteiger partial charge in [-0.1, -0.05) is 6.92 Å². The van der Waals surface area contributed by atoms with Crippen LogP contribution in [0.25, 0.3) is 5.78 Å². The second kappa shape index (κ2) is 5.38. The number of aromatic nitrogens is 4. The number of anilines is 1. The molecule has 0 amide bonds. The summed E-state index contributed by atoms with van der Waals surface area (Å²) in [5.41, 5.74) is 0.602. The second-order valence-electron chi connectivity index (χ2n) is 5.23. The Kier molecular flexibility index (Phi) is 3.67. The molecule has 0 aromatic carbocycles. The van der Waals surface area contributed by atoms with Crippen LogP contribution in [0.3, 0.4) is 0 Å². The molecular weight excluding hydrogens is 299 g/mol. The zero-order valence-electron chi connectivity index (χ0n) is 12.3. The van der Waals surface area contributed by atoms with Crippen molar-refractivity contribution in [2.75, 3.05) is 24.7 Å². The molecular formula is C13H16F3N5O. The van der Waals surface area contributed by atoms with Crippen molar-refractivity contribution in [2.45, 2.75) is 32.5 Å². The van der Waals surface area contributed by atoms with Crippen LogP contribution < -0.4 is 4.90 Å². The Morgan fingerprint density at radius 3 is 2.82 bits per heavy atom. The number of rotatable bonds is 2. The van der Waals surface area contributed by atoms with E-state index in [9.17, 15) is 13.2 Å². The molecule has 2 aromatic heterocycles. The average molecular weight is 315 g/mol. The van der Waals surface area contributed by atoms with Crippen molar-refractivity contribution in [3.63, 3.8) is 0 Å². The summed E-state index contributed by atoms with van der Waals surface area (Å²) < 4.78 is 45.1. The summed E-state index contributed by atoms with van der Waals surface area (Å²) >= 11 is 0. The molecule has 0 spiro atoms. The predicted molar refractivity (Wildman–Crippen MR) is 72.8 cm³/mol. The Morgan fingerprint density at radius 1 is 1.36 bits per heavy atom. The highest BCUT2D eigenvalue weighted by Crippen LogP contribution is 2.28. The van der Waals surface area contributed by atoms with Crippen LogP contribution >= 0.6 is 0 Å². The fourth-order valence-corrected chi connectivity index (χ4v) is 2.59. The first kappa shape index (κ1) is 15.0. The van der Waals surface area contributed by atoms with Gasteiger partial charge in [0.25, 0.3) is 11.6 Å². The molecule has 1 unspecified atom stereocenters. The first-order chi connectivity index (χ1) is 10.4. The Morgan fingerprint density at radius 2 is 2.14 bits per heavy atom. The standard InChI is InChI=1S/C13H16F3N5O/c1-3-9-7-22-5-4-20(9)10-6-8(2)17-12-18-11(13(14,15)16)19-21(10)12/h6,9H,3-5,7H2,1-2H3. The maximum absolute atomic E-state index is 12.8. The number of hydrogen-bond donors (Lipinski definition) is 0. The monoisotopic (exact) mass is 315 g/mol. The number of fused-ring (bicyclic) bond motifs is 1. The van der Waals surface area contributed by atoms with E-state index in [0.29, 0.717) is 31.3 Å². The number of morpholine rings is 1. The minimum absolute atomic E-state index is 0.0383. The van der Waals surface area contributed by atoms with Crippen molar-refractivity contribution < 1.29 is 17.9 Å². The quantitative estimate of drug-likeness (QED) is 0.849. The lowest BCUT2D eigenvalue weighted by Gasteiger charge is -2.36. The number of hydrogen-bond acceptors (Lipinski definition) is 5. The van der Waals surface area contributed by atoms with Gasteiger partial charge in [0.2, 0.25) is 0 Å². The molecule has 6 nitrogen and oxygen atoms in total. The number of nitrogens with zero attached hydrogens (tertiary/aromatic N) is 5. The van der Waals surface area contributed by atoms with E-state index in [1.54, 1.807) is 13.0 Å². The van der Waals surface area contributed by atoms with Gasteiger partial charge in [-0.2, -0.15) is 22.7 Å². The lowest BCUT2D eigenvalue weighted by atomic mass is 10.2. The van der Waals surface area contributed by atoms with Gasteiger partial charge in [-0.05, 0) is 13.3 Å². The van der Waals surface area contributed by atoms with E-state index in [4.69, 9.17) is 4.74 Å². The Balaban J connectivity index is 2.13. The maximum atomic E-state index is 12.8. The van der Waals surface area contributed by atoms with Crippen molar-refractivity contribution in [2.24, 2.45) is 0 Å². The molecule has 1 aliphatic rings. The molecule has 22 heavy (non-hydrogen) atoms. The van der Waals surface area contributed by atoms with Crippen LogP contribution in [0, 0.1) is 6.92 Å². The van der Waals surface area contributed by atoms with Gasteiger partial charge in [-0.15, -0.1) is 5.10 Å². The van der Waals surface area contributed by atoms with Gasteiger partial charge in [0.15, 0.2) is 0 Å². The van der Waals surface area contributed by atoms with Crippen molar-refractivity contribution in [1.82, 2.24) is 19.6 Å². The summed E-state index contributed by atoms with van der Waals surface area (Å²) in [5.74, 6) is -0.641. The van der Waals surface area contributed by atoms with Crippen LogP contribution in [0.1, 0.15) is 24.9 Å². The topological polar surface area (TPSA) is 55.5 Å². The molecule has 3 heterocycles. The van der Waals surface area contributed by atoms with E-state index in [0.717, 1.165) is 6.42 Å². The third kappa shape index (κ3) is 2.60. The molecule has 1 fully saturated rings. The molecule has 1 atom stereocenters. The maximum Gasteiger partial charge on any atom is 0.453 e. The summed E-state index contributed by atoms with van der Waals surface area (Å²) in [4.78, 5) is 9.57. The summed E-state index contributed by atoms with van der Waals surface area (Å²) in [6.45, 7) is 5.41. The molecule has 0 aliphatic carbocycles. The van der Waals surface area contributed by atoms with Gasteiger partial charge in [-0.25, -0.2) is 4.98 Å². The van der Waals surface area contributed by atoms with Gasteiger partial charge in [-0.3, -0.25) is 0 Å². The normalized spacial score (nSPS) is 19.9. The number of ether oxygens (including phenoxy) is 1. The first-order valence-electron chi connectivity index (χ1n) is 7.06. The SMILES string of the molecule is CCC1COCCN1c1cc(C)nc2nc(C(F)(F)F)nn12. The zero-order valence-corrected chi connectivity index (χ0v) is 12.3. The molecule has 3 rings (SSSR count). The number of aryl methyl sites for hydroxylation is 1. The molecule has 0 N–H and O–H groups in total. The van der Waals surface area contributed by atoms with Gasteiger partial charge in [0.05, 0.1) is 19.3 Å². The minimum atomic E-state index is -4.59. The van der Waals surface area contributed by atoms with E-state index in [1.165, 1.54) is 4.52 Å². The molecule has 1 saturated heterocycles. The lowest BCUT2D eigenvalue weighted by molar-refractivity contribution is -0.144. The van der Waals surface area contributed by atoms with Crippen molar-refractivity contribution in [3.05, 3.63) is 17.6 Å². The Labute approximate surface area is 124 Å². The van der Waals surface area contributed by atoms with E-state index in [2.05, 4.69) is 15.1 Å². The Bertz CT molecular complexity index is 684. The molecule has 0 radical (unpaired) electrons. The molecule has 2 aromatic rings. The lowest BCUT2D eigenvalue weighted by Crippen LogP contribution is -2.46. The third-order valence-corrected chi connectivity index (χ3v) is 3.67. The van der Waals surface area contributed by atoms with Crippen LogP contribution in [-0.4, -0.2) is 45.4 Å². The van der Waals surface area contributed by atoms with E-state index < -0.39 is 12.0 Å². The van der Waals surface area contributed by atoms with Crippen molar-refractivity contribution >= 4 is 11.6 Å². The smallest absolute Gasteiger partial charge is 0.377 e. The van der Waals surface area contributed by atoms with E-state index in [-0.39, 0.29) is 11.8 Å². The zero-order chi connectivity index (χ0) is 15.9. The van der Waals surface area contributed by atoms with Gasteiger partial charge in [0.1, 0.15) is 5.82 Å². The Hall–Kier alpha value is -1.90. The van der Waals surface area contributed by atoms with E-state index in [1.807, 2.05) is 11.8 Å². The highest BCUT2D eigenvalue weighted by Gasteiger charge is 2.37. The van der Waals surface area contributed by atoms with Gasteiger partial charge >= 0.3 is 6.18 Å². The largest absolute Gasteiger partial charge is 0.453 e. The van der Waals surface area contributed by atoms with Crippen molar-refractivity contribution in [1.29, 1.82) is 0 Å². The fourth-order valence-electron chi connectivity index (χ4n) is 2.59.